The van der Waals surface area contributed by atoms with Crippen LogP contribution >= 0.6 is 0 Å². The number of amides is 1. The highest BCUT2D eigenvalue weighted by molar-refractivity contribution is 6.02. The molecule has 140 valence electrons. The Balaban J connectivity index is 1.48. The van der Waals surface area contributed by atoms with Crippen molar-refractivity contribution in [2.75, 3.05) is 30.4 Å². The number of pyridine rings is 1. The Morgan fingerprint density at radius 1 is 1.30 bits per heavy atom. The third-order valence-corrected chi connectivity index (χ3v) is 4.68. The van der Waals surface area contributed by atoms with Crippen LogP contribution in [0.4, 0.5) is 15.9 Å². The zero-order valence-electron chi connectivity index (χ0n) is 15.1. The molecule has 1 aliphatic heterocycles. The minimum Gasteiger partial charge on any atom is -0.354 e. The summed E-state index contributed by atoms with van der Waals surface area (Å²) in [4.78, 5) is 27.2. The minimum atomic E-state index is -0.504. The van der Waals surface area contributed by atoms with Gasteiger partial charge in [-0.15, -0.1) is 0 Å². The highest BCUT2D eigenvalue weighted by Crippen LogP contribution is 2.18. The Morgan fingerprint density at radius 3 is 2.85 bits per heavy atom. The Labute approximate surface area is 155 Å². The highest BCUT2D eigenvalue weighted by atomic mass is 19.1. The molecule has 0 aliphatic carbocycles. The van der Waals surface area contributed by atoms with Gasteiger partial charge in [0.15, 0.2) is 11.5 Å². The molecule has 1 fully saturated rings. The summed E-state index contributed by atoms with van der Waals surface area (Å²) in [7, 11) is 1.94. The maximum atomic E-state index is 14.1. The molecule has 4 heterocycles. The first kappa shape index (κ1) is 17.3. The molecule has 3 aromatic rings. The van der Waals surface area contributed by atoms with Gasteiger partial charge in [0, 0.05) is 37.6 Å². The predicted molar refractivity (Wildman–Crippen MR) is 99.5 cm³/mol. The average Bonchev–Trinajstić information content (AvgIpc) is 3.28. The van der Waals surface area contributed by atoms with Gasteiger partial charge in [-0.2, -0.15) is 0 Å². The molecule has 0 radical (unpaired) electrons. The monoisotopic (exact) mass is 369 g/mol. The Kier molecular flexibility index (Phi) is 4.44. The summed E-state index contributed by atoms with van der Waals surface area (Å²) in [5, 5.41) is 5.90. The van der Waals surface area contributed by atoms with E-state index in [1.54, 1.807) is 29.9 Å². The van der Waals surface area contributed by atoms with Crippen LogP contribution < -0.4 is 15.5 Å². The Bertz CT molecular complexity index is 985. The van der Waals surface area contributed by atoms with Gasteiger partial charge in [0.25, 0.3) is 5.91 Å². The first-order valence-corrected chi connectivity index (χ1v) is 8.74. The quantitative estimate of drug-likeness (QED) is 0.727. The van der Waals surface area contributed by atoms with E-state index in [4.69, 9.17) is 0 Å². The number of hydrogen-bond donors (Lipinski definition) is 2. The molecule has 8 nitrogen and oxygen atoms in total. The van der Waals surface area contributed by atoms with Crippen LogP contribution in [0.1, 0.15) is 22.6 Å². The molecular formula is C18H20FN7O. The number of aromatic nitrogens is 4. The zero-order valence-corrected chi connectivity index (χ0v) is 15.1. The summed E-state index contributed by atoms with van der Waals surface area (Å²) >= 11 is 0. The lowest BCUT2D eigenvalue weighted by atomic mass is 10.3. The van der Waals surface area contributed by atoms with Gasteiger partial charge >= 0.3 is 0 Å². The van der Waals surface area contributed by atoms with E-state index in [0.717, 1.165) is 25.3 Å². The van der Waals surface area contributed by atoms with E-state index >= 15 is 0 Å². The van der Waals surface area contributed by atoms with E-state index in [0.29, 0.717) is 17.4 Å². The number of carbonyl (C=O) groups excluding carboxylic acids is 1. The normalized spacial score (nSPS) is 16.9. The average molecular weight is 369 g/mol. The summed E-state index contributed by atoms with van der Waals surface area (Å²) in [6.07, 6.45) is 7.38. The van der Waals surface area contributed by atoms with Gasteiger partial charge in [-0.1, -0.05) is 0 Å². The lowest BCUT2D eigenvalue weighted by molar-refractivity contribution is 0.102. The number of halogens is 1. The van der Waals surface area contributed by atoms with Crippen LogP contribution in [0.2, 0.25) is 0 Å². The van der Waals surface area contributed by atoms with Crippen molar-refractivity contribution in [1.82, 2.24) is 24.7 Å². The Morgan fingerprint density at radius 2 is 2.15 bits per heavy atom. The topological polar surface area (TPSA) is 87.5 Å². The van der Waals surface area contributed by atoms with Crippen molar-refractivity contribution in [1.29, 1.82) is 0 Å². The van der Waals surface area contributed by atoms with Gasteiger partial charge in [0.2, 0.25) is 0 Å². The standard InChI is InChI=1S/C18H20FN7O/c1-11-8-26-10-13(5-14(19)17(26)23-11)24-18(27)15-6-22-16(7-21-15)25-4-3-12(9-25)20-2/h5-8,10,12,20H,3-4,9H2,1-2H3,(H,24,27)/t12-/m0/s1. The van der Waals surface area contributed by atoms with Gasteiger partial charge in [0.05, 0.1) is 23.8 Å². The van der Waals surface area contributed by atoms with Gasteiger partial charge in [-0.3, -0.25) is 4.79 Å². The van der Waals surface area contributed by atoms with Crippen LogP contribution in [0.3, 0.4) is 0 Å². The number of likely N-dealkylation sites (N-methyl/N-ethyl adjacent to an activating group) is 1. The maximum absolute atomic E-state index is 14.1. The van der Waals surface area contributed by atoms with Crippen LogP contribution in [0.15, 0.2) is 30.9 Å². The van der Waals surface area contributed by atoms with Crippen molar-refractivity contribution < 1.29 is 9.18 Å². The fourth-order valence-corrected chi connectivity index (χ4v) is 3.25. The summed E-state index contributed by atoms with van der Waals surface area (Å²) in [6.45, 7) is 3.54. The van der Waals surface area contributed by atoms with Crippen LogP contribution in [0.25, 0.3) is 5.65 Å². The molecule has 2 N–H and O–H groups in total. The molecule has 3 aromatic heterocycles. The third kappa shape index (κ3) is 3.45. The number of nitrogens with one attached hydrogen (secondary N) is 2. The number of anilines is 2. The van der Waals surface area contributed by atoms with Crippen LogP contribution in [0.5, 0.6) is 0 Å². The zero-order chi connectivity index (χ0) is 19.0. The molecule has 0 spiro atoms. The molecule has 1 atom stereocenters. The van der Waals surface area contributed by atoms with E-state index in [2.05, 4.69) is 30.5 Å². The molecule has 27 heavy (non-hydrogen) atoms. The van der Waals surface area contributed by atoms with E-state index in [1.165, 1.54) is 12.3 Å². The molecule has 1 amide bonds. The fraction of sp³-hybridized carbons (Fsp3) is 0.333. The molecule has 0 unspecified atom stereocenters. The van der Waals surface area contributed by atoms with Crippen molar-refractivity contribution in [3.05, 3.63) is 48.1 Å². The molecule has 0 aromatic carbocycles. The van der Waals surface area contributed by atoms with Crippen molar-refractivity contribution in [2.45, 2.75) is 19.4 Å². The lowest BCUT2D eigenvalue weighted by Crippen LogP contribution is -2.30. The second kappa shape index (κ2) is 6.92. The van der Waals surface area contributed by atoms with Crippen LogP contribution in [-0.4, -0.2) is 51.4 Å². The van der Waals surface area contributed by atoms with Crippen molar-refractivity contribution in [3.63, 3.8) is 0 Å². The first-order chi connectivity index (χ1) is 13.0. The first-order valence-electron chi connectivity index (χ1n) is 8.74. The summed E-state index contributed by atoms with van der Waals surface area (Å²) in [5.41, 5.74) is 1.41. The van der Waals surface area contributed by atoms with Gasteiger partial charge in [0.1, 0.15) is 11.5 Å². The lowest BCUT2D eigenvalue weighted by Gasteiger charge is -2.17. The Hall–Kier alpha value is -3.07. The van der Waals surface area contributed by atoms with E-state index in [-0.39, 0.29) is 11.3 Å². The smallest absolute Gasteiger partial charge is 0.275 e. The van der Waals surface area contributed by atoms with Crippen molar-refractivity contribution in [3.8, 4) is 0 Å². The van der Waals surface area contributed by atoms with E-state index < -0.39 is 11.7 Å². The number of hydrogen-bond acceptors (Lipinski definition) is 6. The van der Waals surface area contributed by atoms with Crippen molar-refractivity contribution in [2.24, 2.45) is 0 Å². The molecule has 0 bridgehead atoms. The number of rotatable bonds is 4. The summed E-state index contributed by atoms with van der Waals surface area (Å²) in [5.74, 6) is -0.208. The van der Waals surface area contributed by atoms with Crippen LogP contribution in [0, 0.1) is 12.7 Å². The van der Waals surface area contributed by atoms with Crippen molar-refractivity contribution >= 4 is 23.1 Å². The number of carbonyl (C=O) groups is 1. The molecule has 4 rings (SSSR count). The third-order valence-electron chi connectivity index (χ3n) is 4.68. The summed E-state index contributed by atoms with van der Waals surface area (Å²) in [6, 6.07) is 1.68. The molecule has 9 heteroatoms. The second-order valence-corrected chi connectivity index (χ2v) is 6.62. The number of nitrogens with zero attached hydrogens (tertiary/aromatic N) is 5. The van der Waals surface area contributed by atoms with E-state index in [1.807, 2.05) is 7.05 Å². The fourth-order valence-electron chi connectivity index (χ4n) is 3.25. The SMILES string of the molecule is CN[C@H]1CCN(c2cnc(C(=O)Nc3cc(F)c4nc(C)cn4c3)cn2)C1. The number of imidazole rings is 1. The predicted octanol–water partition coefficient (Wildman–Crippen LogP) is 1.62. The number of fused-ring (bicyclic) bond motifs is 1. The van der Waals surface area contributed by atoms with Crippen LogP contribution in [-0.2, 0) is 0 Å². The van der Waals surface area contributed by atoms with Gasteiger partial charge < -0.3 is 19.9 Å². The largest absolute Gasteiger partial charge is 0.354 e. The van der Waals surface area contributed by atoms with E-state index in [9.17, 15) is 9.18 Å². The molecule has 0 saturated carbocycles. The molecule has 1 aliphatic rings. The minimum absolute atomic E-state index is 0.172. The number of aryl methyl sites for hydroxylation is 1. The molecular weight excluding hydrogens is 349 g/mol. The summed E-state index contributed by atoms with van der Waals surface area (Å²) < 4.78 is 15.7. The van der Waals surface area contributed by atoms with Gasteiger partial charge in [-0.25, -0.2) is 19.3 Å². The van der Waals surface area contributed by atoms with Gasteiger partial charge in [-0.05, 0) is 20.4 Å². The second-order valence-electron chi connectivity index (χ2n) is 6.62. The maximum Gasteiger partial charge on any atom is 0.275 e. The highest BCUT2D eigenvalue weighted by Gasteiger charge is 2.22. The molecule has 1 saturated heterocycles.